The maximum atomic E-state index is 13.8. The van der Waals surface area contributed by atoms with Gasteiger partial charge in [0.25, 0.3) is 5.56 Å². The number of rotatable bonds is 4. The third-order valence-corrected chi connectivity index (χ3v) is 5.26. The molecule has 3 aromatic rings. The van der Waals surface area contributed by atoms with Crippen molar-refractivity contribution in [3.63, 3.8) is 0 Å². The molecule has 1 heterocycles. The summed E-state index contributed by atoms with van der Waals surface area (Å²) in [4.78, 5) is 19.0. The van der Waals surface area contributed by atoms with E-state index in [1.165, 1.54) is 24.3 Å². The van der Waals surface area contributed by atoms with Gasteiger partial charge in [0.15, 0.2) is 16.8 Å². The number of nitrogens with one attached hydrogen (secondary N) is 1. The van der Waals surface area contributed by atoms with Gasteiger partial charge in [-0.15, -0.1) is 0 Å². The molecule has 0 atom stereocenters. The molecule has 0 saturated heterocycles. The van der Waals surface area contributed by atoms with Crippen molar-refractivity contribution in [3.8, 4) is 17.3 Å². The molecule has 0 amide bonds. The van der Waals surface area contributed by atoms with Crippen LogP contribution in [-0.4, -0.2) is 9.97 Å². The highest BCUT2D eigenvalue weighted by Gasteiger charge is 2.16. The average molecular weight is 424 g/mol. The summed E-state index contributed by atoms with van der Waals surface area (Å²) in [6, 6.07) is 10.3. The second-order valence-electron chi connectivity index (χ2n) is 5.34. The van der Waals surface area contributed by atoms with E-state index in [-0.39, 0.29) is 32.8 Å². The number of aromatic amines is 1. The molecule has 0 saturated carbocycles. The summed E-state index contributed by atoms with van der Waals surface area (Å²) in [5.41, 5.74) is -0.138. The monoisotopic (exact) mass is 423 g/mol. The van der Waals surface area contributed by atoms with Crippen molar-refractivity contribution in [1.29, 1.82) is 5.26 Å². The van der Waals surface area contributed by atoms with E-state index >= 15 is 0 Å². The fourth-order valence-electron chi connectivity index (χ4n) is 2.28. The van der Waals surface area contributed by atoms with Gasteiger partial charge in [-0.2, -0.15) is 5.26 Å². The van der Waals surface area contributed by atoms with Crippen LogP contribution in [0.25, 0.3) is 11.3 Å². The van der Waals surface area contributed by atoms with Gasteiger partial charge in [-0.05, 0) is 18.2 Å². The first kappa shape index (κ1) is 19.4. The van der Waals surface area contributed by atoms with E-state index in [1.54, 1.807) is 6.07 Å². The molecule has 0 spiro atoms. The van der Waals surface area contributed by atoms with Crippen LogP contribution in [0.2, 0.25) is 10.0 Å². The first-order valence-corrected chi connectivity index (χ1v) is 9.20. The van der Waals surface area contributed by atoms with Gasteiger partial charge < -0.3 is 4.98 Å². The molecule has 0 aliphatic rings. The lowest BCUT2D eigenvalue weighted by Crippen LogP contribution is -2.14. The van der Waals surface area contributed by atoms with Crippen LogP contribution in [0.1, 0.15) is 11.1 Å². The fraction of sp³-hybridized carbons (Fsp3) is 0.0556. The Bertz CT molecular complexity index is 1130. The van der Waals surface area contributed by atoms with Crippen molar-refractivity contribution in [3.05, 3.63) is 79.6 Å². The SMILES string of the molecule is N#Cc1c(-c2ccc(Cl)c(Cl)c2)nc(SCc2cccc(F)c2F)[nH]c1=O. The Labute approximate surface area is 166 Å². The molecule has 0 bridgehead atoms. The van der Waals surface area contributed by atoms with Crippen LogP contribution in [-0.2, 0) is 5.75 Å². The number of hydrogen-bond acceptors (Lipinski definition) is 4. The highest BCUT2D eigenvalue weighted by molar-refractivity contribution is 7.98. The van der Waals surface area contributed by atoms with Gasteiger partial charge in [-0.3, -0.25) is 4.79 Å². The molecule has 0 aliphatic carbocycles. The van der Waals surface area contributed by atoms with Gasteiger partial charge >= 0.3 is 0 Å². The number of benzene rings is 2. The zero-order valence-electron chi connectivity index (χ0n) is 13.4. The summed E-state index contributed by atoms with van der Waals surface area (Å²) in [7, 11) is 0. The second-order valence-corrected chi connectivity index (χ2v) is 7.12. The molecule has 1 N–H and O–H groups in total. The van der Waals surface area contributed by atoms with Crippen LogP contribution in [0.15, 0.2) is 46.3 Å². The third kappa shape index (κ3) is 4.14. The Hall–Kier alpha value is -2.40. The van der Waals surface area contributed by atoms with E-state index < -0.39 is 17.2 Å². The highest BCUT2D eigenvalue weighted by atomic mass is 35.5. The van der Waals surface area contributed by atoms with E-state index in [1.807, 2.05) is 6.07 Å². The molecule has 4 nitrogen and oxygen atoms in total. The predicted octanol–water partition coefficient (Wildman–Crippen LogP) is 5.19. The molecular weight excluding hydrogens is 415 g/mol. The molecule has 136 valence electrons. The molecular formula is C18H9Cl2F2N3OS. The molecule has 9 heteroatoms. The van der Waals surface area contributed by atoms with Crippen LogP contribution in [0.4, 0.5) is 8.78 Å². The summed E-state index contributed by atoms with van der Waals surface area (Å²) < 4.78 is 27.1. The summed E-state index contributed by atoms with van der Waals surface area (Å²) in [5.74, 6) is -1.87. The second kappa shape index (κ2) is 8.09. The van der Waals surface area contributed by atoms with Crippen LogP contribution in [0, 0.1) is 23.0 Å². The molecule has 1 aromatic heterocycles. The van der Waals surface area contributed by atoms with Crippen molar-refractivity contribution in [1.82, 2.24) is 9.97 Å². The van der Waals surface area contributed by atoms with Crippen molar-refractivity contribution >= 4 is 35.0 Å². The maximum Gasteiger partial charge on any atom is 0.270 e. The lowest BCUT2D eigenvalue weighted by Gasteiger charge is -2.08. The van der Waals surface area contributed by atoms with Crippen LogP contribution in [0.3, 0.4) is 0 Å². The Balaban J connectivity index is 1.99. The fourth-order valence-corrected chi connectivity index (χ4v) is 3.42. The van der Waals surface area contributed by atoms with Crippen LogP contribution >= 0.6 is 35.0 Å². The lowest BCUT2D eigenvalue weighted by molar-refractivity contribution is 0.502. The summed E-state index contributed by atoms with van der Waals surface area (Å²) in [6.45, 7) is 0. The van der Waals surface area contributed by atoms with Gasteiger partial charge in [-0.25, -0.2) is 13.8 Å². The smallest absolute Gasteiger partial charge is 0.270 e. The largest absolute Gasteiger partial charge is 0.300 e. The molecule has 2 aromatic carbocycles. The van der Waals surface area contributed by atoms with Crippen molar-refractivity contribution < 1.29 is 8.78 Å². The van der Waals surface area contributed by atoms with E-state index in [9.17, 15) is 18.8 Å². The minimum absolute atomic E-state index is 0.0409. The van der Waals surface area contributed by atoms with E-state index in [0.29, 0.717) is 10.6 Å². The highest BCUT2D eigenvalue weighted by Crippen LogP contribution is 2.30. The Kier molecular flexibility index (Phi) is 5.80. The van der Waals surface area contributed by atoms with Gasteiger partial charge in [-0.1, -0.05) is 53.2 Å². The van der Waals surface area contributed by atoms with Gasteiger partial charge in [0.05, 0.1) is 15.7 Å². The topological polar surface area (TPSA) is 69.5 Å². The summed E-state index contributed by atoms with van der Waals surface area (Å²) in [6.07, 6.45) is 0. The molecule has 0 fully saturated rings. The van der Waals surface area contributed by atoms with E-state index in [4.69, 9.17) is 23.2 Å². The molecule has 0 aliphatic heterocycles. The summed E-state index contributed by atoms with van der Waals surface area (Å²) >= 11 is 12.9. The van der Waals surface area contributed by atoms with Gasteiger partial charge in [0.2, 0.25) is 0 Å². The maximum absolute atomic E-state index is 13.8. The first-order valence-electron chi connectivity index (χ1n) is 7.46. The minimum Gasteiger partial charge on any atom is -0.300 e. The molecule has 3 rings (SSSR count). The zero-order valence-corrected chi connectivity index (χ0v) is 15.7. The average Bonchev–Trinajstić information content (AvgIpc) is 2.64. The number of aromatic nitrogens is 2. The standard InChI is InChI=1S/C18H9Cl2F2N3OS/c19-12-5-4-9(6-13(12)20)16-11(7-23)17(26)25-18(24-16)27-8-10-2-1-3-14(21)15(10)22/h1-6H,8H2,(H,24,25,26). The predicted molar refractivity (Wildman–Crippen MR) is 101 cm³/mol. The van der Waals surface area contributed by atoms with Crippen molar-refractivity contribution in [2.75, 3.05) is 0 Å². The normalized spacial score (nSPS) is 10.6. The Morgan fingerprint density at radius 2 is 1.96 bits per heavy atom. The number of H-pyrrole nitrogens is 1. The number of halogens is 4. The third-order valence-electron chi connectivity index (χ3n) is 3.60. The lowest BCUT2D eigenvalue weighted by atomic mass is 10.1. The molecule has 0 radical (unpaired) electrons. The number of thioether (sulfide) groups is 1. The molecule has 0 unspecified atom stereocenters. The zero-order chi connectivity index (χ0) is 19.6. The Morgan fingerprint density at radius 1 is 1.19 bits per heavy atom. The first-order chi connectivity index (χ1) is 12.9. The van der Waals surface area contributed by atoms with Crippen LogP contribution < -0.4 is 5.56 Å². The van der Waals surface area contributed by atoms with Gasteiger partial charge in [0.1, 0.15) is 11.6 Å². The van der Waals surface area contributed by atoms with Crippen molar-refractivity contribution in [2.24, 2.45) is 0 Å². The summed E-state index contributed by atoms with van der Waals surface area (Å²) in [5, 5.41) is 10.0. The van der Waals surface area contributed by atoms with Crippen LogP contribution in [0.5, 0.6) is 0 Å². The number of hydrogen-bond donors (Lipinski definition) is 1. The molecule has 27 heavy (non-hydrogen) atoms. The number of nitrogens with zero attached hydrogens (tertiary/aromatic N) is 2. The minimum atomic E-state index is -0.953. The Morgan fingerprint density at radius 3 is 2.67 bits per heavy atom. The quantitative estimate of drug-likeness (QED) is 0.463. The van der Waals surface area contributed by atoms with E-state index in [0.717, 1.165) is 17.8 Å². The van der Waals surface area contributed by atoms with Crippen molar-refractivity contribution in [2.45, 2.75) is 10.9 Å². The van der Waals surface area contributed by atoms with Gasteiger partial charge in [0, 0.05) is 16.9 Å². The number of nitriles is 1. The van der Waals surface area contributed by atoms with E-state index in [2.05, 4.69) is 9.97 Å².